The molecule has 0 bridgehead atoms. The first kappa shape index (κ1) is 11.5. The van der Waals surface area contributed by atoms with Crippen LogP contribution in [-0.2, 0) is 0 Å². The smallest absolute Gasteiger partial charge is 0.139 e. The van der Waals surface area contributed by atoms with E-state index in [1.165, 1.54) is 11.3 Å². The molecular weight excluding hydrogens is 212 g/mol. The Labute approximate surface area is 91.2 Å². The van der Waals surface area contributed by atoms with Crippen molar-refractivity contribution in [3.05, 3.63) is 27.0 Å². The molecule has 0 radical (unpaired) electrons. The van der Waals surface area contributed by atoms with E-state index in [0.717, 1.165) is 5.69 Å². The molecule has 0 aliphatic carbocycles. The maximum atomic E-state index is 8.87. The first-order valence-corrected chi connectivity index (χ1v) is 5.34. The van der Waals surface area contributed by atoms with Gasteiger partial charge in [-0.15, -0.1) is 11.3 Å². The predicted octanol–water partition coefficient (Wildman–Crippen LogP) is 2.00. The molecule has 15 heavy (non-hydrogen) atoms. The lowest BCUT2D eigenvalue weighted by atomic mass is 10.2. The van der Waals surface area contributed by atoms with Crippen LogP contribution in [0.2, 0.25) is 0 Å². The van der Waals surface area contributed by atoms with Crippen LogP contribution < -0.4 is 5.32 Å². The van der Waals surface area contributed by atoms with E-state index in [9.17, 15) is 0 Å². The fourth-order valence-electron chi connectivity index (χ4n) is 1.02. The second-order valence-electron chi connectivity index (χ2n) is 2.74. The van der Waals surface area contributed by atoms with Gasteiger partial charge in [0.25, 0.3) is 0 Å². The summed E-state index contributed by atoms with van der Waals surface area (Å²) in [4.78, 5) is 6.70. The minimum atomic E-state index is -0.373. The van der Waals surface area contributed by atoms with E-state index in [0.29, 0.717) is 19.5 Å². The van der Waals surface area contributed by atoms with Gasteiger partial charge in [0.2, 0.25) is 0 Å². The molecule has 0 aromatic carbocycles. The van der Waals surface area contributed by atoms with Gasteiger partial charge in [-0.25, -0.2) is 4.98 Å². The molecule has 0 saturated heterocycles. The lowest BCUT2D eigenvalue weighted by molar-refractivity contribution is 0.599. The zero-order chi connectivity index (χ0) is 10.9. The van der Waals surface area contributed by atoms with Gasteiger partial charge in [0.15, 0.2) is 0 Å². The Bertz CT molecular complexity index is 361. The van der Waals surface area contributed by atoms with Gasteiger partial charge in [0.05, 0.1) is 17.3 Å². The van der Waals surface area contributed by atoms with Gasteiger partial charge in [-0.2, -0.15) is 5.26 Å². The summed E-state index contributed by atoms with van der Waals surface area (Å²) in [5, 5.41) is 17.1. The van der Waals surface area contributed by atoms with Crippen LogP contribution in [0.4, 0.5) is 0 Å². The van der Waals surface area contributed by atoms with Crippen molar-refractivity contribution in [3.8, 4) is 6.07 Å². The van der Waals surface area contributed by atoms with Crippen molar-refractivity contribution in [2.75, 3.05) is 13.1 Å². The maximum Gasteiger partial charge on any atom is 0.139 e. The molecule has 1 unspecified atom stereocenters. The molecule has 7 heteroatoms. The molecule has 1 aromatic rings. The number of nitriles is 1. The number of aromatic nitrogens is 1. The summed E-state index contributed by atoms with van der Waals surface area (Å²) in [6, 6.07) is 1.75. The molecular formula is C8H10N6S. The van der Waals surface area contributed by atoms with Gasteiger partial charge in [-0.1, -0.05) is 5.11 Å². The largest absolute Gasteiger partial charge is 0.297 e. The highest BCUT2D eigenvalue weighted by molar-refractivity contribution is 7.07. The zero-order valence-corrected chi connectivity index (χ0v) is 8.81. The third kappa shape index (κ3) is 3.95. The molecule has 1 atom stereocenters. The van der Waals surface area contributed by atoms with Gasteiger partial charge in [-0.05, 0) is 18.5 Å². The quantitative estimate of drug-likeness (QED) is 0.345. The molecule has 1 rings (SSSR count). The predicted molar refractivity (Wildman–Crippen MR) is 57.1 cm³/mol. The van der Waals surface area contributed by atoms with Crippen LogP contribution in [-0.4, -0.2) is 18.1 Å². The monoisotopic (exact) mass is 222 g/mol. The fraction of sp³-hybridized carbons (Fsp3) is 0.500. The number of thiazole rings is 1. The lowest BCUT2D eigenvalue weighted by Crippen LogP contribution is -2.21. The molecule has 0 aliphatic heterocycles. The van der Waals surface area contributed by atoms with Crippen LogP contribution in [0.5, 0.6) is 0 Å². The first-order valence-electron chi connectivity index (χ1n) is 4.40. The number of azide groups is 1. The number of nitrogens with one attached hydrogen (secondary N) is 1. The molecule has 6 nitrogen and oxygen atoms in total. The van der Waals surface area contributed by atoms with Crippen LogP contribution in [0.1, 0.15) is 18.2 Å². The highest BCUT2D eigenvalue weighted by Crippen LogP contribution is 2.11. The normalized spacial score (nSPS) is 11.4. The van der Waals surface area contributed by atoms with E-state index in [1.807, 2.05) is 5.38 Å². The Morgan fingerprint density at radius 2 is 2.67 bits per heavy atom. The molecule has 0 fully saturated rings. The van der Waals surface area contributed by atoms with Gasteiger partial charge in [0, 0.05) is 16.8 Å². The molecule has 1 N–H and O–H groups in total. The second-order valence-corrected chi connectivity index (χ2v) is 3.46. The number of nitrogens with zero attached hydrogens (tertiary/aromatic N) is 5. The summed E-state index contributed by atoms with van der Waals surface area (Å²) in [5.74, 6) is 0. The van der Waals surface area contributed by atoms with Crippen LogP contribution in [0.3, 0.4) is 0 Å². The Balaban J connectivity index is 2.30. The van der Waals surface area contributed by atoms with E-state index in [2.05, 4.69) is 26.4 Å². The van der Waals surface area contributed by atoms with Crippen LogP contribution in [0.25, 0.3) is 10.4 Å². The molecule has 0 spiro atoms. The average Bonchev–Trinajstić information content (AvgIpc) is 2.77. The Hall–Kier alpha value is -1.61. The second kappa shape index (κ2) is 6.79. The van der Waals surface area contributed by atoms with Crippen molar-refractivity contribution in [3.63, 3.8) is 0 Å². The topological polar surface area (TPSA) is 97.5 Å². The molecule has 0 amide bonds. The third-order valence-electron chi connectivity index (χ3n) is 1.72. The number of hydrogen-bond acceptors (Lipinski definition) is 5. The van der Waals surface area contributed by atoms with Crippen molar-refractivity contribution in [2.45, 2.75) is 12.5 Å². The Kier molecular flexibility index (Phi) is 5.19. The zero-order valence-electron chi connectivity index (χ0n) is 8.00. The van der Waals surface area contributed by atoms with Crippen molar-refractivity contribution in [2.24, 2.45) is 5.11 Å². The van der Waals surface area contributed by atoms with Crippen LogP contribution >= 0.6 is 11.3 Å². The van der Waals surface area contributed by atoms with Gasteiger partial charge < -0.3 is 0 Å². The molecule has 1 heterocycles. The van der Waals surface area contributed by atoms with Crippen LogP contribution in [0.15, 0.2) is 16.0 Å². The van der Waals surface area contributed by atoms with Gasteiger partial charge in [-0.3, -0.25) is 5.32 Å². The standard InChI is InChI=1S/C8H10N6S/c9-4-7(8-5-15-6-12-8)11-2-1-3-13-14-10/h5-7,11H,1-3H2. The molecule has 0 saturated carbocycles. The van der Waals surface area contributed by atoms with E-state index < -0.39 is 0 Å². The van der Waals surface area contributed by atoms with E-state index in [1.54, 1.807) is 5.51 Å². The highest BCUT2D eigenvalue weighted by atomic mass is 32.1. The molecule has 0 aliphatic rings. The fourth-order valence-corrected chi connectivity index (χ4v) is 1.60. The number of hydrogen-bond donors (Lipinski definition) is 1. The minimum Gasteiger partial charge on any atom is -0.297 e. The van der Waals surface area contributed by atoms with Crippen molar-refractivity contribution in [1.82, 2.24) is 10.3 Å². The van der Waals surface area contributed by atoms with Gasteiger partial charge >= 0.3 is 0 Å². The van der Waals surface area contributed by atoms with Crippen molar-refractivity contribution in [1.29, 1.82) is 5.26 Å². The van der Waals surface area contributed by atoms with E-state index in [4.69, 9.17) is 10.8 Å². The lowest BCUT2D eigenvalue weighted by Gasteiger charge is -2.07. The molecule has 1 aromatic heterocycles. The highest BCUT2D eigenvalue weighted by Gasteiger charge is 2.10. The minimum absolute atomic E-state index is 0.373. The third-order valence-corrected chi connectivity index (χ3v) is 2.33. The summed E-state index contributed by atoms with van der Waals surface area (Å²) in [7, 11) is 0. The summed E-state index contributed by atoms with van der Waals surface area (Å²) in [6.07, 6.45) is 0.715. The average molecular weight is 222 g/mol. The SMILES string of the molecule is N#CC(NCCCN=[N+]=[N-])c1cscn1. The van der Waals surface area contributed by atoms with Gasteiger partial charge in [0.1, 0.15) is 6.04 Å². The summed E-state index contributed by atoms with van der Waals surface area (Å²) >= 11 is 1.46. The molecule has 78 valence electrons. The Morgan fingerprint density at radius 1 is 1.80 bits per heavy atom. The van der Waals surface area contributed by atoms with Crippen molar-refractivity contribution < 1.29 is 0 Å². The van der Waals surface area contributed by atoms with E-state index >= 15 is 0 Å². The van der Waals surface area contributed by atoms with E-state index in [-0.39, 0.29) is 6.04 Å². The Morgan fingerprint density at radius 3 is 3.27 bits per heavy atom. The summed E-state index contributed by atoms with van der Waals surface area (Å²) in [6.45, 7) is 1.08. The summed E-state index contributed by atoms with van der Waals surface area (Å²) in [5.41, 5.74) is 10.5. The number of rotatable bonds is 6. The van der Waals surface area contributed by atoms with Crippen LogP contribution in [0, 0.1) is 11.3 Å². The maximum absolute atomic E-state index is 8.87. The first-order chi connectivity index (χ1) is 7.38. The van der Waals surface area contributed by atoms with Crippen molar-refractivity contribution >= 4 is 11.3 Å². The summed E-state index contributed by atoms with van der Waals surface area (Å²) < 4.78 is 0.